The smallest absolute Gasteiger partial charge is 0.384 e. The van der Waals surface area contributed by atoms with Gasteiger partial charge in [0.05, 0.1) is 0 Å². The van der Waals surface area contributed by atoms with Gasteiger partial charge in [-0.1, -0.05) is 54.4 Å². The molecule has 2 rings (SSSR count). The Hall–Kier alpha value is -0.0551. The van der Waals surface area contributed by atoms with Gasteiger partial charge in [-0.2, -0.15) is 0 Å². The molecule has 2 fully saturated rings. The third-order valence-electron chi connectivity index (χ3n) is 6.88. The van der Waals surface area contributed by atoms with Gasteiger partial charge >= 0.3 is 7.32 Å². The van der Waals surface area contributed by atoms with Crippen LogP contribution in [0.1, 0.15) is 93.9 Å². The topological polar surface area (TPSA) is 27.7 Å². The minimum Gasteiger partial charge on any atom is -0.384 e. The Morgan fingerprint density at radius 3 is 1.41 bits per heavy atom. The number of hydrogen-bond acceptors (Lipinski definition) is 3. The summed E-state index contributed by atoms with van der Waals surface area (Å²) in [5.41, 5.74) is 0. The van der Waals surface area contributed by atoms with Crippen molar-refractivity contribution in [2.75, 3.05) is 0 Å². The molecule has 6 atom stereocenters. The molecule has 0 heterocycles. The van der Waals surface area contributed by atoms with E-state index in [-0.39, 0.29) is 18.3 Å². The lowest BCUT2D eigenvalue weighted by Crippen LogP contribution is -2.46. The Labute approximate surface area is 169 Å². The van der Waals surface area contributed by atoms with Crippen LogP contribution in [-0.4, -0.2) is 25.6 Å². The molecule has 158 valence electrons. The van der Waals surface area contributed by atoms with Gasteiger partial charge in [0, 0.05) is 18.3 Å². The standard InChI is InChI=1S/C23H45BO3/c1-15(2)20-11-9-18(7)13-22(20)26-24(25-17(5)6)27-23-14-19(8)10-12-21(23)16(3)4/h15-23H,9-14H2,1-8H3. The molecule has 0 aliphatic heterocycles. The molecular weight excluding hydrogens is 335 g/mol. The van der Waals surface area contributed by atoms with Gasteiger partial charge < -0.3 is 14.0 Å². The maximum absolute atomic E-state index is 6.57. The summed E-state index contributed by atoms with van der Waals surface area (Å²) in [7, 11) is -0.530. The fourth-order valence-corrected chi connectivity index (χ4v) is 5.15. The van der Waals surface area contributed by atoms with Crippen molar-refractivity contribution in [1.29, 1.82) is 0 Å². The van der Waals surface area contributed by atoms with Crippen molar-refractivity contribution >= 4 is 7.32 Å². The summed E-state index contributed by atoms with van der Waals surface area (Å²) in [6.07, 6.45) is 7.99. The zero-order valence-electron chi connectivity index (χ0n) is 19.2. The maximum Gasteiger partial charge on any atom is 0.640 e. The first-order chi connectivity index (χ1) is 12.7. The van der Waals surface area contributed by atoms with E-state index in [9.17, 15) is 0 Å². The van der Waals surface area contributed by atoms with E-state index in [2.05, 4.69) is 55.4 Å². The van der Waals surface area contributed by atoms with Gasteiger partial charge in [-0.25, -0.2) is 0 Å². The molecule has 3 nitrogen and oxygen atoms in total. The van der Waals surface area contributed by atoms with Crippen LogP contribution in [0.15, 0.2) is 0 Å². The molecule has 0 spiro atoms. The summed E-state index contributed by atoms with van der Waals surface area (Å²) in [6.45, 7) is 18.2. The first-order valence-corrected chi connectivity index (χ1v) is 11.6. The number of hydrogen-bond donors (Lipinski definition) is 0. The highest BCUT2D eigenvalue weighted by atomic mass is 16.7. The highest BCUT2D eigenvalue weighted by Crippen LogP contribution is 2.38. The van der Waals surface area contributed by atoms with E-state index in [4.69, 9.17) is 14.0 Å². The van der Waals surface area contributed by atoms with Crippen LogP contribution < -0.4 is 0 Å². The predicted molar refractivity (Wildman–Crippen MR) is 114 cm³/mol. The van der Waals surface area contributed by atoms with Crippen LogP contribution in [0.25, 0.3) is 0 Å². The molecule has 4 heteroatoms. The van der Waals surface area contributed by atoms with E-state index in [0.717, 1.165) is 24.7 Å². The monoisotopic (exact) mass is 380 g/mol. The van der Waals surface area contributed by atoms with Gasteiger partial charge in [0.1, 0.15) is 0 Å². The second kappa shape index (κ2) is 10.6. The van der Waals surface area contributed by atoms with E-state index < -0.39 is 7.32 Å². The lowest BCUT2D eigenvalue weighted by molar-refractivity contribution is -0.0551. The van der Waals surface area contributed by atoms with Crippen molar-refractivity contribution in [1.82, 2.24) is 0 Å². The van der Waals surface area contributed by atoms with Crippen LogP contribution in [0, 0.1) is 35.5 Å². The van der Waals surface area contributed by atoms with E-state index >= 15 is 0 Å². The molecule has 0 aromatic heterocycles. The Balaban J connectivity index is 2.08. The van der Waals surface area contributed by atoms with E-state index in [1.165, 1.54) is 25.7 Å². The zero-order valence-corrected chi connectivity index (χ0v) is 19.2. The van der Waals surface area contributed by atoms with Crippen molar-refractivity contribution in [3.8, 4) is 0 Å². The van der Waals surface area contributed by atoms with Crippen LogP contribution >= 0.6 is 0 Å². The lowest BCUT2D eigenvalue weighted by Gasteiger charge is -2.41. The molecule has 0 radical (unpaired) electrons. The molecule has 2 saturated carbocycles. The molecule has 0 aromatic carbocycles. The number of rotatable bonds is 8. The van der Waals surface area contributed by atoms with Gasteiger partial charge in [-0.3, -0.25) is 0 Å². The second-order valence-electron chi connectivity index (χ2n) is 10.5. The maximum atomic E-state index is 6.57. The largest absolute Gasteiger partial charge is 0.640 e. The Kier molecular flexibility index (Phi) is 9.16. The molecule has 0 N–H and O–H groups in total. The third kappa shape index (κ3) is 7.05. The van der Waals surface area contributed by atoms with Gasteiger partial charge in [0.15, 0.2) is 0 Å². The summed E-state index contributed by atoms with van der Waals surface area (Å²) in [4.78, 5) is 0. The highest BCUT2D eigenvalue weighted by molar-refractivity contribution is 6.36. The average molecular weight is 380 g/mol. The Morgan fingerprint density at radius 1 is 0.667 bits per heavy atom. The van der Waals surface area contributed by atoms with E-state index in [1.54, 1.807) is 0 Å². The molecule has 0 bridgehead atoms. The van der Waals surface area contributed by atoms with Gasteiger partial charge in [0.25, 0.3) is 0 Å². The quantitative estimate of drug-likeness (QED) is 0.459. The minimum absolute atomic E-state index is 0.104. The van der Waals surface area contributed by atoms with Gasteiger partial charge in [0.2, 0.25) is 0 Å². The molecule has 2 aliphatic carbocycles. The molecular formula is C23H45BO3. The Morgan fingerprint density at radius 2 is 1.07 bits per heavy atom. The summed E-state index contributed by atoms with van der Waals surface area (Å²) in [5, 5.41) is 0. The third-order valence-corrected chi connectivity index (χ3v) is 6.88. The first-order valence-electron chi connectivity index (χ1n) is 11.6. The summed E-state index contributed by atoms with van der Waals surface area (Å²) < 4.78 is 19.3. The van der Waals surface area contributed by atoms with Crippen LogP contribution in [0.4, 0.5) is 0 Å². The van der Waals surface area contributed by atoms with Gasteiger partial charge in [-0.05, 0) is 75.0 Å². The Bertz CT molecular complexity index is 392. The summed E-state index contributed by atoms with van der Waals surface area (Å²) in [6, 6.07) is 0. The van der Waals surface area contributed by atoms with Crippen LogP contribution in [0.2, 0.25) is 0 Å². The SMILES string of the molecule is CC1CCC(C(C)C)C(OB(OC(C)C)OC2CC(C)CCC2C(C)C)C1. The van der Waals surface area contributed by atoms with Crippen molar-refractivity contribution in [2.45, 2.75) is 112 Å². The molecule has 0 aromatic rings. The zero-order chi connectivity index (χ0) is 20.1. The second-order valence-corrected chi connectivity index (χ2v) is 10.5. The summed E-state index contributed by atoms with van der Waals surface area (Å²) >= 11 is 0. The fraction of sp³-hybridized carbons (Fsp3) is 1.00. The fourth-order valence-electron chi connectivity index (χ4n) is 5.15. The van der Waals surface area contributed by atoms with Crippen molar-refractivity contribution in [2.24, 2.45) is 35.5 Å². The predicted octanol–water partition coefficient (Wildman–Crippen LogP) is 6.35. The normalized spacial score (nSPS) is 35.2. The molecule has 0 amide bonds. The van der Waals surface area contributed by atoms with Crippen LogP contribution in [0.5, 0.6) is 0 Å². The highest BCUT2D eigenvalue weighted by Gasteiger charge is 2.40. The average Bonchev–Trinajstić information content (AvgIpc) is 2.53. The van der Waals surface area contributed by atoms with Gasteiger partial charge in [-0.15, -0.1) is 0 Å². The van der Waals surface area contributed by atoms with E-state index in [1.807, 2.05) is 0 Å². The van der Waals surface area contributed by atoms with E-state index in [0.29, 0.717) is 23.7 Å². The molecule has 6 unspecified atom stereocenters. The molecule has 27 heavy (non-hydrogen) atoms. The molecule has 2 aliphatic rings. The van der Waals surface area contributed by atoms with Crippen molar-refractivity contribution in [3.63, 3.8) is 0 Å². The lowest BCUT2D eigenvalue weighted by atomic mass is 9.74. The van der Waals surface area contributed by atoms with Crippen LogP contribution in [0.3, 0.4) is 0 Å². The minimum atomic E-state index is -0.530. The van der Waals surface area contributed by atoms with Crippen LogP contribution in [-0.2, 0) is 14.0 Å². The first kappa shape index (κ1) is 23.2. The van der Waals surface area contributed by atoms with Crippen molar-refractivity contribution in [3.05, 3.63) is 0 Å². The molecule has 0 saturated heterocycles. The summed E-state index contributed by atoms with van der Waals surface area (Å²) in [5.74, 6) is 3.94. The van der Waals surface area contributed by atoms with Crippen molar-refractivity contribution < 1.29 is 14.0 Å².